The molecule has 0 aliphatic rings. The fourth-order valence-corrected chi connectivity index (χ4v) is 2.11. The third-order valence-corrected chi connectivity index (χ3v) is 3.07. The van der Waals surface area contributed by atoms with Crippen LogP contribution in [0.25, 0.3) is 11.0 Å². The molecule has 1 aromatic carbocycles. The minimum absolute atomic E-state index is 0.0474. The summed E-state index contributed by atoms with van der Waals surface area (Å²) < 4.78 is 0. The van der Waals surface area contributed by atoms with Gasteiger partial charge in [-0.1, -0.05) is 18.5 Å². The molecule has 0 saturated heterocycles. The highest BCUT2D eigenvalue weighted by Crippen LogP contribution is 2.24. The van der Waals surface area contributed by atoms with Crippen molar-refractivity contribution >= 4 is 22.6 Å². The highest BCUT2D eigenvalue weighted by atomic mass is 35.5. The monoisotopic (exact) mass is 238 g/mol. The summed E-state index contributed by atoms with van der Waals surface area (Å²) in [6.07, 6.45) is 0.451. The lowest BCUT2D eigenvalue weighted by molar-refractivity contribution is 0.156. The molecule has 1 heterocycles. The summed E-state index contributed by atoms with van der Waals surface area (Å²) in [5.41, 5.74) is 1.81. The number of imidazole rings is 1. The van der Waals surface area contributed by atoms with E-state index in [1.165, 1.54) is 0 Å². The predicted molar refractivity (Wildman–Crippen MR) is 65.8 cm³/mol. The molecule has 0 spiro atoms. The molecular weight excluding hydrogens is 224 g/mol. The van der Waals surface area contributed by atoms with Crippen molar-refractivity contribution in [2.45, 2.75) is 32.3 Å². The molecule has 0 bridgehead atoms. The Labute approximate surface area is 99.5 Å². The molecule has 1 aromatic heterocycles. The van der Waals surface area contributed by atoms with Crippen LogP contribution in [0.15, 0.2) is 18.2 Å². The van der Waals surface area contributed by atoms with Gasteiger partial charge in [-0.2, -0.15) is 0 Å². The molecule has 2 atom stereocenters. The van der Waals surface area contributed by atoms with Crippen LogP contribution in [0, 0.1) is 0 Å². The van der Waals surface area contributed by atoms with Crippen LogP contribution in [0.5, 0.6) is 0 Å². The Morgan fingerprint density at radius 2 is 2.25 bits per heavy atom. The number of nitrogens with one attached hydrogen (secondary N) is 1. The van der Waals surface area contributed by atoms with E-state index in [-0.39, 0.29) is 5.92 Å². The van der Waals surface area contributed by atoms with Crippen LogP contribution in [0.4, 0.5) is 0 Å². The number of hydrogen-bond donors (Lipinski definition) is 2. The van der Waals surface area contributed by atoms with Crippen LogP contribution in [0.3, 0.4) is 0 Å². The van der Waals surface area contributed by atoms with Crippen LogP contribution < -0.4 is 0 Å². The first-order chi connectivity index (χ1) is 7.61. The minimum atomic E-state index is -0.402. The number of nitrogens with zero attached hydrogens (tertiary/aromatic N) is 1. The molecule has 0 aliphatic carbocycles. The van der Waals surface area contributed by atoms with Crippen LogP contribution >= 0.6 is 11.6 Å². The Morgan fingerprint density at radius 1 is 1.50 bits per heavy atom. The number of fused-ring (bicyclic) bond motifs is 1. The Bertz CT molecular complexity index is 493. The molecule has 4 heteroatoms. The van der Waals surface area contributed by atoms with Crippen molar-refractivity contribution in [3.63, 3.8) is 0 Å². The van der Waals surface area contributed by atoms with Gasteiger partial charge in [0.15, 0.2) is 0 Å². The number of H-pyrrole nitrogens is 1. The van der Waals surface area contributed by atoms with Gasteiger partial charge < -0.3 is 10.1 Å². The topological polar surface area (TPSA) is 48.9 Å². The lowest BCUT2D eigenvalue weighted by atomic mass is 10.0. The van der Waals surface area contributed by atoms with Crippen LogP contribution in [-0.4, -0.2) is 21.2 Å². The predicted octanol–water partition coefficient (Wildman–Crippen LogP) is 3.09. The van der Waals surface area contributed by atoms with Gasteiger partial charge in [-0.25, -0.2) is 4.98 Å². The van der Waals surface area contributed by atoms with Crippen LogP contribution in [0.1, 0.15) is 32.0 Å². The van der Waals surface area contributed by atoms with Gasteiger partial charge >= 0.3 is 0 Å². The number of benzene rings is 1. The quantitative estimate of drug-likeness (QED) is 0.863. The molecule has 16 heavy (non-hydrogen) atoms. The van der Waals surface area contributed by atoms with Gasteiger partial charge in [0.05, 0.1) is 17.1 Å². The molecule has 0 fully saturated rings. The number of hydrogen-bond acceptors (Lipinski definition) is 2. The average Bonchev–Trinajstić information content (AvgIpc) is 2.60. The normalized spacial score (nSPS) is 15.2. The molecule has 0 radical (unpaired) electrons. The van der Waals surface area contributed by atoms with Crippen LogP contribution in [0.2, 0.25) is 5.02 Å². The van der Waals surface area contributed by atoms with E-state index in [4.69, 9.17) is 11.6 Å². The van der Waals surface area contributed by atoms with Gasteiger partial charge in [0.25, 0.3) is 0 Å². The van der Waals surface area contributed by atoms with E-state index in [1.54, 1.807) is 6.92 Å². The fraction of sp³-hybridized carbons (Fsp3) is 0.417. The maximum Gasteiger partial charge on any atom is 0.112 e. The van der Waals surface area contributed by atoms with Crippen molar-refractivity contribution in [1.82, 2.24) is 9.97 Å². The summed E-state index contributed by atoms with van der Waals surface area (Å²) in [5, 5.41) is 10.3. The molecule has 0 saturated carbocycles. The summed E-state index contributed by atoms with van der Waals surface area (Å²) in [7, 11) is 0. The maximum atomic E-state index is 9.66. The molecule has 2 N–H and O–H groups in total. The molecule has 0 amide bonds. The molecule has 2 rings (SSSR count). The lowest BCUT2D eigenvalue weighted by Crippen LogP contribution is -2.15. The van der Waals surface area contributed by atoms with Crippen LogP contribution in [-0.2, 0) is 0 Å². The molecule has 86 valence electrons. The largest absolute Gasteiger partial charge is 0.393 e. The van der Waals surface area contributed by atoms with Gasteiger partial charge in [0, 0.05) is 10.9 Å². The number of aromatic amines is 1. The van der Waals surface area contributed by atoms with Crippen molar-refractivity contribution in [3.05, 3.63) is 29.0 Å². The summed E-state index contributed by atoms with van der Waals surface area (Å²) in [6.45, 7) is 3.83. The van der Waals surface area contributed by atoms with Crippen molar-refractivity contribution in [3.8, 4) is 0 Å². The third-order valence-electron chi connectivity index (χ3n) is 2.84. The Balaban J connectivity index is 2.45. The number of halogens is 1. The first kappa shape index (κ1) is 11.4. The first-order valence-corrected chi connectivity index (χ1v) is 5.83. The van der Waals surface area contributed by atoms with Crippen molar-refractivity contribution in [2.75, 3.05) is 0 Å². The smallest absolute Gasteiger partial charge is 0.112 e. The third kappa shape index (κ3) is 2.06. The zero-order chi connectivity index (χ0) is 11.7. The highest BCUT2D eigenvalue weighted by Gasteiger charge is 2.18. The number of rotatable bonds is 3. The fourth-order valence-electron chi connectivity index (χ4n) is 1.94. The van der Waals surface area contributed by atoms with Gasteiger partial charge in [-0.15, -0.1) is 0 Å². The van der Waals surface area contributed by atoms with Gasteiger partial charge in [-0.3, -0.25) is 0 Å². The maximum absolute atomic E-state index is 9.66. The SMILES string of the molecule is CC[C@H](c1nc2ccc(Cl)cc2[nH]1)[C@@H](C)O. The summed E-state index contributed by atoms with van der Waals surface area (Å²) in [5.74, 6) is 0.876. The first-order valence-electron chi connectivity index (χ1n) is 5.45. The zero-order valence-corrected chi connectivity index (χ0v) is 10.1. The minimum Gasteiger partial charge on any atom is -0.393 e. The van der Waals surface area contributed by atoms with E-state index in [9.17, 15) is 5.11 Å². The molecule has 0 unspecified atom stereocenters. The zero-order valence-electron chi connectivity index (χ0n) is 9.37. The molecular formula is C12H15ClN2O. The number of aliphatic hydroxyl groups excluding tert-OH is 1. The second-order valence-electron chi connectivity index (χ2n) is 4.04. The van der Waals surface area contributed by atoms with E-state index in [1.807, 2.05) is 25.1 Å². The van der Waals surface area contributed by atoms with E-state index in [0.717, 1.165) is 23.3 Å². The highest BCUT2D eigenvalue weighted by molar-refractivity contribution is 6.31. The molecule has 2 aromatic rings. The average molecular weight is 239 g/mol. The number of aromatic nitrogens is 2. The molecule has 0 aliphatic heterocycles. The van der Waals surface area contributed by atoms with Gasteiger partial charge in [0.2, 0.25) is 0 Å². The Hall–Kier alpha value is -1.06. The van der Waals surface area contributed by atoms with E-state index in [0.29, 0.717) is 5.02 Å². The molecule has 3 nitrogen and oxygen atoms in total. The van der Waals surface area contributed by atoms with Gasteiger partial charge in [-0.05, 0) is 31.5 Å². The van der Waals surface area contributed by atoms with Crippen molar-refractivity contribution in [1.29, 1.82) is 0 Å². The van der Waals surface area contributed by atoms with Gasteiger partial charge in [0.1, 0.15) is 5.82 Å². The standard InChI is InChI=1S/C12H15ClN2O/c1-3-9(7(2)16)12-14-10-5-4-8(13)6-11(10)15-12/h4-7,9,16H,3H2,1-2H3,(H,14,15)/t7-,9+/m1/s1. The second kappa shape index (κ2) is 4.44. The Kier molecular flexibility index (Phi) is 3.17. The second-order valence-corrected chi connectivity index (χ2v) is 4.48. The van der Waals surface area contributed by atoms with E-state index < -0.39 is 6.10 Å². The Morgan fingerprint density at radius 3 is 2.88 bits per heavy atom. The summed E-state index contributed by atoms with van der Waals surface area (Å²) in [4.78, 5) is 7.69. The van der Waals surface area contributed by atoms with E-state index >= 15 is 0 Å². The lowest BCUT2D eigenvalue weighted by Gasteiger charge is -2.14. The van der Waals surface area contributed by atoms with E-state index in [2.05, 4.69) is 9.97 Å². The summed E-state index contributed by atoms with van der Waals surface area (Å²) in [6, 6.07) is 5.55. The summed E-state index contributed by atoms with van der Waals surface area (Å²) >= 11 is 5.91. The number of aliphatic hydroxyl groups is 1. The van der Waals surface area contributed by atoms with Crippen molar-refractivity contribution < 1.29 is 5.11 Å². The van der Waals surface area contributed by atoms with Crippen molar-refractivity contribution in [2.24, 2.45) is 0 Å².